The Balaban J connectivity index is 2.39. The summed E-state index contributed by atoms with van der Waals surface area (Å²) in [6, 6.07) is 0.384. The maximum atomic E-state index is 5.29. The molecule has 0 aliphatic heterocycles. The Labute approximate surface area is 31.5 Å². The first kappa shape index (κ1) is 2.91. The predicted molar refractivity (Wildman–Crippen MR) is 21.7 cm³/mol. The molecular weight excluding hydrogens is 62.1 g/mol. The lowest BCUT2D eigenvalue weighted by atomic mass is 10.1. The average Bonchev–Trinajstić information content (AvgIpc) is 1.30. The molecule has 1 aliphatic rings. The monoisotopic (exact) mass is 69.1 g/mol. The van der Waals surface area contributed by atoms with Crippen LogP contribution in [0, 0.1) is 0 Å². The molecule has 1 rings (SSSR count). The van der Waals surface area contributed by atoms with Crippen LogP contribution in [0.25, 0.3) is 0 Å². The molecule has 0 aromatic rings. The van der Waals surface area contributed by atoms with Crippen LogP contribution >= 0.6 is 0 Å². The molecule has 0 fully saturated rings. The van der Waals surface area contributed by atoms with Crippen LogP contribution in [0.5, 0.6) is 0 Å². The highest BCUT2D eigenvalue weighted by atomic mass is 14.6. The predicted octanol–water partition coefficient (Wildman–Crippen LogP) is 0.274. The molecule has 1 nitrogen and oxygen atoms in total. The van der Waals surface area contributed by atoms with Crippen molar-refractivity contribution in [1.29, 1.82) is 0 Å². The number of rotatable bonds is 0. The van der Waals surface area contributed by atoms with Gasteiger partial charge in [0.05, 0.1) is 0 Å². The molecule has 0 saturated carbocycles. The molecule has 1 heteroatoms. The number of hydrogen-bond acceptors (Lipinski definition) is 1. The highest BCUT2D eigenvalue weighted by Crippen LogP contribution is 2.01. The fraction of sp³-hybridized carbons (Fsp3) is 0.500. The zero-order chi connectivity index (χ0) is 3.70. The summed E-state index contributed by atoms with van der Waals surface area (Å²) in [5.74, 6) is 0. The highest BCUT2D eigenvalue weighted by molar-refractivity contribution is 5.04. The van der Waals surface area contributed by atoms with E-state index < -0.39 is 0 Å². The first-order valence-corrected chi connectivity index (χ1v) is 1.82. The fourth-order valence-electron chi connectivity index (χ4n) is 0.293. The van der Waals surface area contributed by atoms with Crippen LogP contribution in [0.4, 0.5) is 0 Å². The smallest absolute Gasteiger partial charge is 0.0258 e. The highest BCUT2D eigenvalue weighted by Gasteiger charge is 1.99. The van der Waals surface area contributed by atoms with E-state index in [4.69, 9.17) is 5.73 Å². The third-order valence-corrected chi connectivity index (χ3v) is 0.792. The van der Waals surface area contributed by atoms with Gasteiger partial charge in [0.1, 0.15) is 0 Å². The standard InChI is InChI=1S/C4H7N/c5-4-2-1-3-4/h1-2,4H,3,5H2/t4-/m0/s1. The lowest BCUT2D eigenvalue weighted by Gasteiger charge is -2.08. The molecular formula is C4H7N. The van der Waals surface area contributed by atoms with E-state index >= 15 is 0 Å². The van der Waals surface area contributed by atoms with E-state index in [0.29, 0.717) is 6.04 Å². The van der Waals surface area contributed by atoms with Gasteiger partial charge < -0.3 is 5.73 Å². The maximum Gasteiger partial charge on any atom is 0.0258 e. The van der Waals surface area contributed by atoms with Gasteiger partial charge in [-0.15, -0.1) is 0 Å². The summed E-state index contributed by atoms with van der Waals surface area (Å²) in [5, 5.41) is 0. The van der Waals surface area contributed by atoms with Gasteiger partial charge in [-0.2, -0.15) is 0 Å². The minimum atomic E-state index is 0.384. The minimum absolute atomic E-state index is 0.384. The summed E-state index contributed by atoms with van der Waals surface area (Å²) in [4.78, 5) is 0. The summed E-state index contributed by atoms with van der Waals surface area (Å²) < 4.78 is 0. The lowest BCUT2D eigenvalue weighted by Crippen LogP contribution is -2.20. The first-order chi connectivity index (χ1) is 2.39. The zero-order valence-corrected chi connectivity index (χ0v) is 3.02. The summed E-state index contributed by atoms with van der Waals surface area (Å²) in [5.41, 5.74) is 5.29. The van der Waals surface area contributed by atoms with E-state index in [0.717, 1.165) is 6.42 Å². The number of nitrogens with two attached hydrogens (primary N) is 1. The first-order valence-electron chi connectivity index (χ1n) is 1.82. The average molecular weight is 69.1 g/mol. The molecule has 0 aromatic heterocycles. The van der Waals surface area contributed by atoms with Gasteiger partial charge in [-0.05, 0) is 6.42 Å². The Morgan fingerprint density at radius 1 is 1.80 bits per heavy atom. The Bertz CT molecular complexity index is 56.7. The van der Waals surface area contributed by atoms with Crippen molar-refractivity contribution in [1.82, 2.24) is 0 Å². The topological polar surface area (TPSA) is 26.0 Å². The summed E-state index contributed by atoms with van der Waals surface area (Å²) in [7, 11) is 0. The third kappa shape index (κ3) is 0.329. The second-order valence-electron chi connectivity index (χ2n) is 1.33. The lowest BCUT2D eigenvalue weighted by molar-refractivity contribution is 0.770. The van der Waals surface area contributed by atoms with Gasteiger partial charge in [0.2, 0.25) is 0 Å². The largest absolute Gasteiger partial charge is 0.324 e. The molecule has 28 valence electrons. The Morgan fingerprint density at radius 3 is 2.20 bits per heavy atom. The molecule has 0 saturated heterocycles. The summed E-state index contributed by atoms with van der Waals surface area (Å²) >= 11 is 0. The van der Waals surface area contributed by atoms with Gasteiger partial charge in [-0.3, -0.25) is 0 Å². The van der Waals surface area contributed by atoms with E-state index in [1.165, 1.54) is 0 Å². The van der Waals surface area contributed by atoms with Crippen LogP contribution in [0.15, 0.2) is 12.2 Å². The van der Waals surface area contributed by atoms with Crippen molar-refractivity contribution >= 4 is 0 Å². The van der Waals surface area contributed by atoms with Crippen molar-refractivity contribution in [2.75, 3.05) is 0 Å². The molecule has 0 radical (unpaired) electrons. The molecule has 0 spiro atoms. The van der Waals surface area contributed by atoms with Gasteiger partial charge in [0.25, 0.3) is 0 Å². The normalized spacial score (nSPS) is 33.4. The van der Waals surface area contributed by atoms with Crippen LogP contribution in [-0.2, 0) is 0 Å². The summed E-state index contributed by atoms with van der Waals surface area (Å²) in [6.45, 7) is 0. The fourth-order valence-corrected chi connectivity index (χ4v) is 0.293. The van der Waals surface area contributed by atoms with E-state index in [9.17, 15) is 0 Å². The van der Waals surface area contributed by atoms with E-state index in [-0.39, 0.29) is 0 Å². The molecule has 5 heavy (non-hydrogen) atoms. The third-order valence-electron chi connectivity index (χ3n) is 0.792. The Morgan fingerprint density at radius 2 is 2.20 bits per heavy atom. The van der Waals surface area contributed by atoms with Crippen LogP contribution in [-0.4, -0.2) is 6.04 Å². The molecule has 0 bridgehead atoms. The van der Waals surface area contributed by atoms with Crippen molar-refractivity contribution < 1.29 is 0 Å². The quantitative estimate of drug-likeness (QED) is 0.406. The van der Waals surface area contributed by atoms with E-state index in [2.05, 4.69) is 6.08 Å². The zero-order valence-electron chi connectivity index (χ0n) is 3.02. The van der Waals surface area contributed by atoms with Crippen LogP contribution in [0.2, 0.25) is 0 Å². The second kappa shape index (κ2) is 0.830. The van der Waals surface area contributed by atoms with Crippen LogP contribution in [0.1, 0.15) is 6.42 Å². The van der Waals surface area contributed by atoms with Crippen molar-refractivity contribution in [2.24, 2.45) is 5.73 Å². The van der Waals surface area contributed by atoms with Gasteiger partial charge in [-0.1, -0.05) is 12.2 Å². The molecule has 1 atom stereocenters. The van der Waals surface area contributed by atoms with Crippen molar-refractivity contribution in [3.05, 3.63) is 12.2 Å². The Kier molecular flexibility index (Phi) is 0.484. The molecule has 0 aromatic carbocycles. The van der Waals surface area contributed by atoms with E-state index in [1.54, 1.807) is 0 Å². The summed E-state index contributed by atoms with van der Waals surface area (Å²) in [6.07, 6.45) is 5.16. The molecule has 1 aliphatic carbocycles. The molecule has 0 heterocycles. The second-order valence-corrected chi connectivity index (χ2v) is 1.33. The van der Waals surface area contributed by atoms with Crippen LogP contribution < -0.4 is 5.73 Å². The van der Waals surface area contributed by atoms with Crippen molar-refractivity contribution in [2.45, 2.75) is 12.5 Å². The minimum Gasteiger partial charge on any atom is -0.324 e. The number of hydrogen-bond donors (Lipinski definition) is 1. The van der Waals surface area contributed by atoms with Crippen LogP contribution in [0.3, 0.4) is 0 Å². The van der Waals surface area contributed by atoms with E-state index in [1.807, 2.05) is 6.08 Å². The van der Waals surface area contributed by atoms with Gasteiger partial charge in [0.15, 0.2) is 0 Å². The molecule has 0 unspecified atom stereocenters. The van der Waals surface area contributed by atoms with Gasteiger partial charge in [0, 0.05) is 6.04 Å². The van der Waals surface area contributed by atoms with Gasteiger partial charge >= 0.3 is 0 Å². The van der Waals surface area contributed by atoms with Gasteiger partial charge in [-0.25, -0.2) is 0 Å². The van der Waals surface area contributed by atoms with Crippen molar-refractivity contribution in [3.63, 3.8) is 0 Å². The van der Waals surface area contributed by atoms with Crippen molar-refractivity contribution in [3.8, 4) is 0 Å². The SMILES string of the molecule is N[C@H]1C=CC1. The maximum absolute atomic E-state index is 5.29. The molecule has 0 amide bonds. The Hall–Kier alpha value is -0.300. The molecule has 2 N–H and O–H groups in total.